The van der Waals surface area contributed by atoms with Gasteiger partial charge in [0.1, 0.15) is 6.04 Å². The number of nitrogens with zero attached hydrogens (tertiary/aromatic N) is 1. The smallest absolute Gasteiger partial charge is 0.239 e. The second-order valence-corrected chi connectivity index (χ2v) is 5.52. The minimum atomic E-state index is -0.224. The Labute approximate surface area is 108 Å². The first-order valence-corrected chi connectivity index (χ1v) is 6.32. The van der Waals surface area contributed by atoms with Crippen LogP contribution in [-0.4, -0.2) is 35.5 Å². The van der Waals surface area contributed by atoms with Crippen molar-refractivity contribution in [2.24, 2.45) is 5.73 Å². The molecule has 0 saturated carbocycles. The maximum absolute atomic E-state index is 12.0. The fourth-order valence-electron chi connectivity index (χ4n) is 2.48. The number of nitrogens with two attached hydrogens (primary N) is 1. The van der Waals surface area contributed by atoms with Gasteiger partial charge in [-0.1, -0.05) is 30.3 Å². The number of carbonyl (C=O) groups is 1. The molecule has 0 radical (unpaired) electrons. The molecule has 4 heteroatoms. The molecular formula is C14H21N3O. The Balaban J connectivity index is 2.15. The van der Waals surface area contributed by atoms with E-state index < -0.39 is 0 Å². The summed E-state index contributed by atoms with van der Waals surface area (Å²) in [6, 6.07) is 9.96. The van der Waals surface area contributed by atoms with Gasteiger partial charge in [0.2, 0.25) is 5.91 Å². The zero-order valence-electron chi connectivity index (χ0n) is 11.0. The van der Waals surface area contributed by atoms with E-state index in [0.29, 0.717) is 6.54 Å². The molecule has 1 aliphatic rings. The highest BCUT2D eigenvalue weighted by atomic mass is 16.2. The molecule has 1 heterocycles. The van der Waals surface area contributed by atoms with Crippen LogP contribution in [0.4, 0.5) is 0 Å². The van der Waals surface area contributed by atoms with Crippen LogP contribution in [0.1, 0.15) is 19.4 Å². The lowest BCUT2D eigenvalue weighted by atomic mass is 9.97. The van der Waals surface area contributed by atoms with Crippen LogP contribution in [0.2, 0.25) is 0 Å². The van der Waals surface area contributed by atoms with Crippen molar-refractivity contribution in [3.63, 3.8) is 0 Å². The van der Waals surface area contributed by atoms with Crippen molar-refractivity contribution in [2.75, 3.05) is 13.1 Å². The average Bonchev–Trinajstić information content (AvgIpc) is 2.28. The first kappa shape index (κ1) is 13.1. The number of benzene rings is 1. The quantitative estimate of drug-likeness (QED) is 0.827. The lowest BCUT2D eigenvalue weighted by Gasteiger charge is -2.43. The molecule has 1 saturated heterocycles. The molecule has 2 rings (SSSR count). The third kappa shape index (κ3) is 2.89. The van der Waals surface area contributed by atoms with Gasteiger partial charge in [-0.25, -0.2) is 0 Å². The van der Waals surface area contributed by atoms with Gasteiger partial charge in [-0.15, -0.1) is 0 Å². The number of nitrogens with one attached hydrogen (secondary N) is 1. The van der Waals surface area contributed by atoms with E-state index in [1.54, 1.807) is 0 Å². The van der Waals surface area contributed by atoms with E-state index in [0.717, 1.165) is 13.1 Å². The van der Waals surface area contributed by atoms with Gasteiger partial charge in [0, 0.05) is 25.2 Å². The maximum atomic E-state index is 12.0. The number of piperazine rings is 1. The molecule has 1 aromatic carbocycles. The molecule has 1 aromatic rings. The van der Waals surface area contributed by atoms with Crippen LogP contribution in [0.15, 0.2) is 30.3 Å². The van der Waals surface area contributed by atoms with Crippen LogP contribution in [0.3, 0.4) is 0 Å². The summed E-state index contributed by atoms with van der Waals surface area (Å²) < 4.78 is 0. The Morgan fingerprint density at radius 1 is 1.39 bits per heavy atom. The average molecular weight is 247 g/mol. The molecule has 0 aliphatic carbocycles. The van der Waals surface area contributed by atoms with Gasteiger partial charge >= 0.3 is 0 Å². The molecule has 1 amide bonds. The zero-order chi connectivity index (χ0) is 13.2. The van der Waals surface area contributed by atoms with Crippen molar-refractivity contribution >= 4 is 5.91 Å². The second kappa shape index (κ2) is 5.08. The van der Waals surface area contributed by atoms with Gasteiger partial charge in [0.05, 0.1) is 0 Å². The van der Waals surface area contributed by atoms with Gasteiger partial charge in [0.15, 0.2) is 0 Å². The van der Waals surface area contributed by atoms with E-state index in [4.69, 9.17) is 5.73 Å². The zero-order valence-corrected chi connectivity index (χ0v) is 11.0. The van der Waals surface area contributed by atoms with Crippen molar-refractivity contribution in [2.45, 2.75) is 32.0 Å². The van der Waals surface area contributed by atoms with E-state index in [1.165, 1.54) is 5.56 Å². The summed E-state index contributed by atoms with van der Waals surface area (Å²) in [7, 11) is 0. The van der Waals surface area contributed by atoms with E-state index in [-0.39, 0.29) is 17.5 Å². The number of carbonyl (C=O) groups excluding carboxylic acids is 1. The highest BCUT2D eigenvalue weighted by Crippen LogP contribution is 2.18. The Hall–Kier alpha value is -1.39. The molecule has 1 unspecified atom stereocenters. The van der Waals surface area contributed by atoms with Gasteiger partial charge in [-0.05, 0) is 19.4 Å². The molecule has 0 bridgehead atoms. The fourth-order valence-corrected chi connectivity index (χ4v) is 2.48. The van der Waals surface area contributed by atoms with Gasteiger partial charge in [0.25, 0.3) is 0 Å². The minimum absolute atomic E-state index is 0.0321. The molecule has 4 nitrogen and oxygen atoms in total. The summed E-state index contributed by atoms with van der Waals surface area (Å²) in [6.07, 6.45) is 0. The van der Waals surface area contributed by atoms with E-state index in [1.807, 2.05) is 32.0 Å². The Bertz CT molecular complexity index is 416. The van der Waals surface area contributed by atoms with E-state index >= 15 is 0 Å². The van der Waals surface area contributed by atoms with Crippen LogP contribution in [0.5, 0.6) is 0 Å². The largest absolute Gasteiger partial charge is 0.349 e. The number of rotatable bonds is 3. The monoisotopic (exact) mass is 247 g/mol. The van der Waals surface area contributed by atoms with Crippen LogP contribution < -0.4 is 11.1 Å². The summed E-state index contributed by atoms with van der Waals surface area (Å²) in [5.74, 6) is 0.0321. The third-order valence-corrected chi connectivity index (χ3v) is 3.26. The summed E-state index contributed by atoms with van der Waals surface area (Å²) in [5.41, 5.74) is 6.74. The highest BCUT2D eigenvalue weighted by molar-refractivity contribution is 5.83. The molecule has 3 N–H and O–H groups in total. The van der Waals surface area contributed by atoms with Crippen LogP contribution in [0.25, 0.3) is 0 Å². The summed E-state index contributed by atoms with van der Waals surface area (Å²) >= 11 is 0. The third-order valence-electron chi connectivity index (χ3n) is 3.26. The van der Waals surface area contributed by atoms with Crippen molar-refractivity contribution in [3.8, 4) is 0 Å². The number of hydrogen-bond donors (Lipinski definition) is 2. The number of amides is 1. The van der Waals surface area contributed by atoms with Crippen molar-refractivity contribution in [1.29, 1.82) is 0 Å². The van der Waals surface area contributed by atoms with Crippen LogP contribution in [0, 0.1) is 0 Å². The minimum Gasteiger partial charge on any atom is -0.349 e. The van der Waals surface area contributed by atoms with E-state index in [9.17, 15) is 4.79 Å². The molecular weight excluding hydrogens is 226 g/mol. The summed E-state index contributed by atoms with van der Waals surface area (Å²) in [6.45, 7) is 6.01. The molecule has 18 heavy (non-hydrogen) atoms. The van der Waals surface area contributed by atoms with Crippen LogP contribution >= 0.6 is 0 Å². The predicted molar refractivity (Wildman–Crippen MR) is 71.9 cm³/mol. The van der Waals surface area contributed by atoms with Crippen molar-refractivity contribution < 1.29 is 4.79 Å². The predicted octanol–water partition coefficient (Wildman–Crippen LogP) is 0.724. The molecule has 1 aliphatic heterocycles. The Kier molecular flexibility index (Phi) is 3.68. The van der Waals surface area contributed by atoms with E-state index in [2.05, 4.69) is 22.3 Å². The molecule has 0 spiro atoms. The normalized spacial score (nSPS) is 23.7. The van der Waals surface area contributed by atoms with Crippen molar-refractivity contribution in [1.82, 2.24) is 10.2 Å². The lowest BCUT2D eigenvalue weighted by molar-refractivity contribution is -0.132. The topological polar surface area (TPSA) is 58.4 Å². The Morgan fingerprint density at radius 2 is 2.06 bits per heavy atom. The molecule has 0 aromatic heterocycles. The fraction of sp³-hybridized carbons (Fsp3) is 0.500. The molecule has 1 fully saturated rings. The molecule has 1 atom stereocenters. The summed E-state index contributed by atoms with van der Waals surface area (Å²) in [5, 5.41) is 3.01. The first-order chi connectivity index (χ1) is 8.52. The standard InChI is InChI=1S/C14H21N3O/c1-14(2)10-17(12(8-15)13(18)16-14)9-11-6-4-3-5-7-11/h3-7,12H,8-10,15H2,1-2H3,(H,16,18). The van der Waals surface area contributed by atoms with Crippen LogP contribution in [-0.2, 0) is 11.3 Å². The SMILES string of the molecule is CC1(C)CN(Cc2ccccc2)C(CN)C(=O)N1. The highest BCUT2D eigenvalue weighted by Gasteiger charge is 2.37. The number of hydrogen-bond acceptors (Lipinski definition) is 3. The van der Waals surface area contributed by atoms with Crippen molar-refractivity contribution in [3.05, 3.63) is 35.9 Å². The Morgan fingerprint density at radius 3 is 2.67 bits per heavy atom. The van der Waals surface area contributed by atoms with Gasteiger partial charge in [-0.2, -0.15) is 0 Å². The summed E-state index contributed by atoms with van der Waals surface area (Å²) in [4.78, 5) is 14.2. The molecule has 98 valence electrons. The van der Waals surface area contributed by atoms with Gasteiger partial charge in [-0.3, -0.25) is 9.69 Å². The second-order valence-electron chi connectivity index (χ2n) is 5.52. The first-order valence-electron chi connectivity index (χ1n) is 6.32. The maximum Gasteiger partial charge on any atom is 0.239 e. The lowest BCUT2D eigenvalue weighted by Crippen LogP contribution is -2.66. The van der Waals surface area contributed by atoms with Gasteiger partial charge < -0.3 is 11.1 Å².